The highest BCUT2D eigenvalue weighted by Crippen LogP contribution is 2.40. The van der Waals surface area contributed by atoms with Crippen molar-refractivity contribution < 1.29 is 19.3 Å². The number of benzene rings is 3. The molecule has 0 saturated carbocycles. The van der Waals surface area contributed by atoms with Gasteiger partial charge in [0.2, 0.25) is 11.7 Å². The van der Waals surface area contributed by atoms with Crippen molar-refractivity contribution in [3.63, 3.8) is 0 Å². The van der Waals surface area contributed by atoms with Gasteiger partial charge in [0.05, 0.1) is 36.4 Å². The molecule has 256 valence electrons. The summed E-state index contributed by atoms with van der Waals surface area (Å²) >= 11 is 12.8. The van der Waals surface area contributed by atoms with Gasteiger partial charge in [-0.3, -0.25) is 4.57 Å². The van der Waals surface area contributed by atoms with Crippen LogP contribution in [0.1, 0.15) is 25.5 Å². The van der Waals surface area contributed by atoms with E-state index in [1.54, 1.807) is 24.7 Å². The lowest BCUT2D eigenvalue weighted by molar-refractivity contribution is -0.189. The summed E-state index contributed by atoms with van der Waals surface area (Å²) in [5.74, 6) is -0.426. The number of nitrogens with zero attached hydrogens (tertiary/aromatic N) is 6. The van der Waals surface area contributed by atoms with Gasteiger partial charge in [0.25, 0.3) is 0 Å². The SMILES string of the molecule is CC(C)n1cc(O)n(-c2ccc(N3CCN(c4ccc(OC[C@@H]5CO[C@@](Cn6ccnc6)(c6ccc(Cl)cc6Cl)O5)cc4)CC3)cc2)c1=O. The van der Waals surface area contributed by atoms with Gasteiger partial charge in [-0.25, -0.2) is 14.3 Å². The van der Waals surface area contributed by atoms with Gasteiger partial charge in [0, 0.05) is 66.6 Å². The molecule has 2 aromatic heterocycles. The van der Waals surface area contributed by atoms with E-state index in [0.29, 0.717) is 41.1 Å². The van der Waals surface area contributed by atoms with Crippen LogP contribution in [0.3, 0.4) is 0 Å². The number of aromatic hydroxyl groups is 1. The smallest absolute Gasteiger partial charge is 0.335 e. The summed E-state index contributed by atoms with van der Waals surface area (Å²) in [5, 5.41) is 11.4. The number of halogens is 2. The molecule has 4 heterocycles. The third-order valence-electron chi connectivity index (χ3n) is 8.99. The molecule has 0 amide bonds. The molecule has 0 unspecified atom stereocenters. The number of imidazole rings is 2. The van der Waals surface area contributed by atoms with Crippen molar-refractivity contribution in [3.05, 3.63) is 118 Å². The first kappa shape index (κ1) is 33.1. The van der Waals surface area contributed by atoms with E-state index in [0.717, 1.165) is 43.3 Å². The highest BCUT2D eigenvalue weighted by molar-refractivity contribution is 6.35. The molecule has 0 radical (unpaired) electrons. The van der Waals surface area contributed by atoms with E-state index in [2.05, 4.69) is 26.9 Å². The normalized spacial score (nSPS) is 19.6. The first-order chi connectivity index (χ1) is 23.7. The number of hydrogen-bond acceptors (Lipinski definition) is 8. The minimum atomic E-state index is -1.10. The topological polar surface area (TPSA) is 99.2 Å². The van der Waals surface area contributed by atoms with Crippen molar-refractivity contribution in [2.75, 3.05) is 49.2 Å². The Balaban J connectivity index is 0.934. The molecule has 5 aromatic rings. The third kappa shape index (κ3) is 6.89. The van der Waals surface area contributed by atoms with Crippen molar-refractivity contribution in [1.29, 1.82) is 0 Å². The van der Waals surface area contributed by atoms with Crippen LogP contribution in [0.4, 0.5) is 11.4 Å². The van der Waals surface area contributed by atoms with Crippen LogP contribution in [0.15, 0.2) is 96.4 Å². The van der Waals surface area contributed by atoms with Gasteiger partial charge in [-0.1, -0.05) is 29.3 Å². The van der Waals surface area contributed by atoms with Crippen molar-refractivity contribution >= 4 is 34.6 Å². The van der Waals surface area contributed by atoms with Gasteiger partial charge in [-0.15, -0.1) is 0 Å². The van der Waals surface area contributed by atoms with Gasteiger partial charge >= 0.3 is 5.69 Å². The number of piperazine rings is 1. The van der Waals surface area contributed by atoms with Gasteiger partial charge in [0.1, 0.15) is 18.5 Å². The molecule has 2 aliphatic heterocycles. The van der Waals surface area contributed by atoms with Gasteiger partial charge < -0.3 is 33.7 Å². The minimum Gasteiger partial charge on any atom is -0.493 e. The van der Waals surface area contributed by atoms with Crippen molar-refractivity contribution in [2.45, 2.75) is 38.3 Å². The van der Waals surface area contributed by atoms with Crippen molar-refractivity contribution in [3.8, 4) is 17.3 Å². The maximum Gasteiger partial charge on any atom is 0.335 e. The molecule has 11 nitrogen and oxygen atoms in total. The minimum absolute atomic E-state index is 0.0394. The summed E-state index contributed by atoms with van der Waals surface area (Å²) in [5.41, 5.74) is 3.29. The Hall–Kier alpha value is -4.42. The Labute approximate surface area is 294 Å². The first-order valence-electron chi connectivity index (χ1n) is 16.3. The average Bonchev–Trinajstić information content (AvgIpc) is 3.84. The first-order valence-corrected chi connectivity index (χ1v) is 17.0. The highest BCUT2D eigenvalue weighted by atomic mass is 35.5. The average molecular weight is 706 g/mol. The fourth-order valence-electron chi connectivity index (χ4n) is 6.42. The number of aromatic nitrogens is 4. The van der Waals surface area contributed by atoms with E-state index in [9.17, 15) is 9.90 Å². The zero-order valence-corrected chi connectivity index (χ0v) is 28.8. The lowest BCUT2D eigenvalue weighted by atomic mass is 10.1. The third-order valence-corrected chi connectivity index (χ3v) is 9.54. The molecule has 7 rings (SSSR count). The molecule has 13 heteroatoms. The van der Waals surface area contributed by atoms with Crippen LogP contribution in [0.2, 0.25) is 10.0 Å². The summed E-state index contributed by atoms with van der Waals surface area (Å²) in [6, 6.07) is 21.1. The summed E-state index contributed by atoms with van der Waals surface area (Å²) in [6.07, 6.45) is 6.44. The van der Waals surface area contributed by atoms with Gasteiger partial charge in [-0.2, -0.15) is 0 Å². The molecule has 2 fully saturated rings. The van der Waals surface area contributed by atoms with Crippen LogP contribution in [-0.4, -0.2) is 69.3 Å². The Bertz CT molecular complexity index is 1940. The largest absolute Gasteiger partial charge is 0.493 e. The molecule has 0 bridgehead atoms. The standard InChI is InChI=1S/C36H38Cl2N6O5/c1-25(2)43-20-34(45)44(35(43)46)29-6-4-27(5-7-29)41-15-17-42(18-16-41)28-8-10-30(11-9-28)47-21-31-22-48-36(49-31,23-40-14-13-39-24-40)32-12-3-26(37)19-33(32)38/h3-14,19-20,24-25,31,45H,15-18,21-23H2,1-2H3/t31-,36-/m1/s1. The number of ether oxygens (including phenoxy) is 3. The van der Waals surface area contributed by atoms with Gasteiger partial charge in [-0.05, 0) is 74.5 Å². The lowest BCUT2D eigenvalue weighted by Gasteiger charge is -2.37. The second-order valence-corrected chi connectivity index (χ2v) is 13.4. The van der Waals surface area contributed by atoms with Crippen molar-refractivity contribution in [1.82, 2.24) is 18.7 Å². The predicted octanol–water partition coefficient (Wildman–Crippen LogP) is 6.10. The second kappa shape index (κ2) is 13.8. The molecule has 2 saturated heterocycles. The Morgan fingerprint density at radius 3 is 2.20 bits per heavy atom. The van der Waals surface area contributed by atoms with Crippen LogP contribution >= 0.6 is 23.2 Å². The molecule has 49 heavy (non-hydrogen) atoms. The van der Waals surface area contributed by atoms with E-state index in [-0.39, 0.29) is 23.7 Å². The summed E-state index contributed by atoms with van der Waals surface area (Å²) in [6.45, 7) is 8.27. The van der Waals surface area contributed by atoms with E-state index >= 15 is 0 Å². The fraction of sp³-hybridized carbons (Fsp3) is 0.333. The number of anilines is 2. The zero-order valence-electron chi connectivity index (χ0n) is 27.3. The van der Waals surface area contributed by atoms with E-state index in [4.69, 9.17) is 37.4 Å². The van der Waals surface area contributed by atoms with Crippen LogP contribution in [0.5, 0.6) is 11.6 Å². The highest BCUT2D eigenvalue weighted by Gasteiger charge is 2.45. The summed E-state index contributed by atoms with van der Waals surface area (Å²) < 4.78 is 23.7. The monoisotopic (exact) mass is 704 g/mol. The number of rotatable bonds is 10. The van der Waals surface area contributed by atoms with Crippen LogP contribution in [-0.2, 0) is 21.8 Å². The number of hydrogen-bond donors (Lipinski definition) is 1. The molecule has 0 aliphatic carbocycles. The summed E-state index contributed by atoms with van der Waals surface area (Å²) in [7, 11) is 0. The lowest BCUT2D eigenvalue weighted by Crippen LogP contribution is -2.46. The fourth-order valence-corrected chi connectivity index (χ4v) is 6.97. The predicted molar refractivity (Wildman–Crippen MR) is 190 cm³/mol. The Kier molecular flexibility index (Phi) is 9.34. The van der Waals surface area contributed by atoms with E-state index < -0.39 is 5.79 Å². The quantitative estimate of drug-likeness (QED) is 0.186. The molecule has 2 atom stereocenters. The maximum atomic E-state index is 12.8. The van der Waals surface area contributed by atoms with Crippen molar-refractivity contribution in [2.24, 2.45) is 0 Å². The zero-order chi connectivity index (χ0) is 34.1. The Morgan fingerprint density at radius 1 is 0.959 bits per heavy atom. The van der Waals surface area contributed by atoms with Crippen LogP contribution < -0.4 is 20.2 Å². The van der Waals surface area contributed by atoms with Gasteiger partial charge in [0.15, 0.2) is 0 Å². The molecule has 2 aliphatic rings. The van der Waals surface area contributed by atoms with Crippen LogP contribution in [0.25, 0.3) is 5.69 Å². The molecular weight excluding hydrogens is 667 g/mol. The second-order valence-electron chi connectivity index (χ2n) is 12.6. The molecular formula is C36H38Cl2N6O5. The molecule has 3 aromatic carbocycles. The molecule has 0 spiro atoms. The Morgan fingerprint density at radius 2 is 1.61 bits per heavy atom. The van der Waals surface area contributed by atoms with E-state index in [1.807, 2.05) is 67.1 Å². The van der Waals surface area contributed by atoms with Crippen LogP contribution in [0, 0.1) is 0 Å². The maximum absolute atomic E-state index is 12.8. The molecule has 1 N–H and O–H groups in total. The van der Waals surface area contributed by atoms with E-state index in [1.165, 1.54) is 15.3 Å². The summed E-state index contributed by atoms with van der Waals surface area (Å²) in [4.78, 5) is 21.6.